The van der Waals surface area contributed by atoms with Crippen LogP contribution in [0.4, 0.5) is 4.79 Å². The molecule has 1 saturated heterocycles. The number of carbonyl (C=O) groups excluding carboxylic acids is 3. The Balaban J connectivity index is 2.05. The number of hydrogen-bond acceptors (Lipinski definition) is 3. The highest BCUT2D eigenvalue weighted by atomic mass is 79.9. The van der Waals surface area contributed by atoms with Gasteiger partial charge >= 0.3 is 6.03 Å². The van der Waals surface area contributed by atoms with Crippen molar-refractivity contribution >= 4 is 39.9 Å². The lowest BCUT2D eigenvalue weighted by atomic mass is 9.95. The van der Waals surface area contributed by atoms with Gasteiger partial charge in [-0.2, -0.15) is 0 Å². The first kappa shape index (κ1) is 17.4. The zero-order valence-electron chi connectivity index (χ0n) is 13.4. The van der Waals surface area contributed by atoms with Crippen LogP contribution < -0.4 is 0 Å². The van der Waals surface area contributed by atoms with Gasteiger partial charge in [-0.3, -0.25) is 19.4 Å². The van der Waals surface area contributed by atoms with Crippen LogP contribution in [0.1, 0.15) is 26.3 Å². The topological polar surface area (TPSA) is 57.7 Å². The molecule has 0 unspecified atom stereocenters. The van der Waals surface area contributed by atoms with Crippen LogP contribution in [0.25, 0.3) is 6.08 Å². The van der Waals surface area contributed by atoms with Gasteiger partial charge in [-0.15, -0.1) is 0 Å². The molecule has 1 aliphatic rings. The monoisotopic (exact) mass is 378 g/mol. The number of imide groups is 2. The first-order valence-corrected chi connectivity index (χ1v) is 8.10. The number of hydrogen-bond donors (Lipinski definition) is 0. The Morgan fingerprint density at radius 1 is 1.09 bits per heavy atom. The third kappa shape index (κ3) is 4.07. The molecule has 23 heavy (non-hydrogen) atoms. The summed E-state index contributed by atoms with van der Waals surface area (Å²) in [5.41, 5.74) is 0.206. The summed E-state index contributed by atoms with van der Waals surface area (Å²) in [6.07, 6.45) is 3.00. The molecule has 0 N–H and O–H groups in total. The second-order valence-corrected chi connectivity index (χ2v) is 7.28. The average Bonchev–Trinajstić information content (AvgIpc) is 2.86. The standard InChI is InChI=1S/C17H19BrN2O3/c1-17(2,3)15(22)20-11-10-19(16(20)23)14(21)9-6-12-4-7-13(18)8-5-12/h4-9H,10-11H2,1-3H3/b9-6+. The predicted molar refractivity (Wildman–Crippen MR) is 91.5 cm³/mol. The maximum absolute atomic E-state index is 12.3. The number of amides is 4. The van der Waals surface area contributed by atoms with E-state index in [-0.39, 0.29) is 19.0 Å². The fourth-order valence-corrected chi connectivity index (χ4v) is 2.43. The van der Waals surface area contributed by atoms with E-state index in [1.807, 2.05) is 24.3 Å². The Labute approximate surface area is 144 Å². The van der Waals surface area contributed by atoms with E-state index in [1.165, 1.54) is 6.08 Å². The SMILES string of the molecule is CC(C)(C)C(=O)N1CCN(C(=O)/C=C/c2ccc(Br)cc2)C1=O. The Morgan fingerprint density at radius 3 is 2.22 bits per heavy atom. The van der Waals surface area contributed by atoms with Crippen LogP contribution in [-0.4, -0.2) is 40.7 Å². The molecule has 0 aromatic heterocycles. The molecular weight excluding hydrogens is 360 g/mol. The molecule has 1 aliphatic heterocycles. The van der Waals surface area contributed by atoms with Crippen molar-refractivity contribution in [2.24, 2.45) is 5.41 Å². The first-order valence-electron chi connectivity index (χ1n) is 7.31. The van der Waals surface area contributed by atoms with Crippen LogP contribution in [-0.2, 0) is 9.59 Å². The first-order chi connectivity index (χ1) is 10.7. The lowest BCUT2D eigenvalue weighted by molar-refractivity contribution is -0.135. The number of carbonyl (C=O) groups is 3. The van der Waals surface area contributed by atoms with E-state index in [9.17, 15) is 14.4 Å². The summed E-state index contributed by atoms with van der Waals surface area (Å²) in [5, 5.41) is 0. The Kier molecular flexibility index (Phi) is 5.04. The summed E-state index contributed by atoms with van der Waals surface area (Å²) >= 11 is 3.34. The van der Waals surface area contributed by atoms with Crippen LogP contribution >= 0.6 is 15.9 Å². The number of benzene rings is 1. The molecule has 1 heterocycles. The van der Waals surface area contributed by atoms with Gasteiger partial charge in [0.15, 0.2) is 0 Å². The van der Waals surface area contributed by atoms with Crippen molar-refractivity contribution in [3.05, 3.63) is 40.4 Å². The summed E-state index contributed by atoms with van der Waals surface area (Å²) in [5.74, 6) is -0.684. The fourth-order valence-electron chi connectivity index (χ4n) is 2.17. The van der Waals surface area contributed by atoms with Crippen molar-refractivity contribution in [3.8, 4) is 0 Å². The van der Waals surface area contributed by atoms with Crippen molar-refractivity contribution in [1.82, 2.24) is 9.80 Å². The van der Waals surface area contributed by atoms with Crippen molar-refractivity contribution in [2.75, 3.05) is 13.1 Å². The summed E-state index contributed by atoms with van der Waals surface area (Å²) < 4.78 is 0.951. The van der Waals surface area contributed by atoms with Gasteiger partial charge in [-0.05, 0) is 23.8 Å². The predicted octanol–water partition coefficient (Wildman–Crippen LogP) is 3.30. The highest BCUT2D eigenvalue weighted by molar-refractivity contribution is 9.10. The second-order valence-electron chi connectivity index (χ2n) is 6.36. The van der Waals surface area contributed by atoms with Crippen LogP contribution in [0.15, 0.2) is 34.8 Å². The van der Waals surface area contributed by atoms with Gasteiger partial charge in [-0.25, -0.2) is 4.79 Å². The third-order valence-electron chi connectivity index (χ3n) is 3.45. The molecule has 5 nitrogen and oxygen atoms in total. The maximum atomic E-state index is 12.3. The van der Waals surface area contributed by atoms with Gasteiger partial charge in [0.2, 0.25) is 5.91 Å². The highest BCUT2D eigenvalue weighted by Crippen LogP contribution is 2.21. The average molecular weight is 379 g/mol. The Hall–Kier alpha value is -1.95. The van der Waals surface area contributed by atoms with Crippen molar-refractivity contribution < 1.29 is 14.4 Å². The van der Waals surface area contributed by atoms with Crippen molar-refractivity contribution in [2.45, 2.75) is 20.8 Å². The van der Waals surface area contributed by atoms with Gasteiger partial charge in [0, 0.05) is 29.1 Å². The zero-order chi connectivity index (χ0) is 17.2. The van der Waals surface area contributed by atoms with Gasteiger partial charge < -0.3 is 0 Å². The fraction of sp³-hybridized carbons (Fsp3) is 0.353. The van der Waals surface area contributed by atoms with Gasteiger partial charge in [0.1, 0.15) is 0 Å². The summed E-state index contributed by atoms with van der Waals surface area (Å²) in [6, 6.07) is 6.91. The van der Waals surface area contributed by atoms with Crippen LogP contribution in [0.5, 0.6) is 0 Å². The lowest BCUT2D eigenvalue weighted by Gasteiger charge is -2.23. The normalized spacial score (nSPS) is 15.6. The molecule has 6 heteroatoms. The zero-order valence-corrected chi connectivity index (χ0v) is 15.0. The van der Waals surface area contributed by atoms with Gasteiger partial charge in [-0.1, -0.05) is 48.8 Å². The van der Waals surface area contributed by atoms with Crippen molar-refractivity contribution in [1.29, 1.82) is 0 Å². The molecule has 0 aliphatic carbocycles. The van der Waals surface area contributed by atoms with E-state index in [1.54, 1.807) is 26.8 Å². The van der Waals surface area contributed by atoms with Crippen LogP contribution in [0.3, 0.4) is 0 Å². The quantitative estimate of drug-likeness (QED) is 0.741. The van der Waals surface area contributed by atoms with E-state index in [0.717, 1.165) is 19.8 Å². The van der Waals surface area contributed by atoms with E-state index >= 15 is 0 Å². The summed E-state index contributed by atoms with van der Waals surface area (Å²) in [7, 11) is 0. The summed E-state index contributed by atoms with van der Waals surface area (Å²) in [6.45, 7) is 5.72. The minimum Gasteiger partial charge on any atom is -0.274 e. The second kappa shape index (κ2) is 6.66. The summed E-state index contributed by atoms with van der Waals surface area (Å²) in [4.78, 5) is 38.9. The Bertz CT molecular complexity index is 659. The lowest BCUT2D eigenvalue weighted by Crippen LogP contribution is -2.43. The minimum absolute atomic E-state index is 0.226. The number of urea groups is 1. The number of halogens is 1. The van der Waals surface area contributed by atoms with Gasteiger partial charge in [0.05, 0.1) is 0 Å². The Morgan fingerprint density at radius 2 is 1.65 bits per heavy atom. The molecule has 0 radical (unpaired) electrons. The molecule has 0 bridgehead atoms. The van der Waals surface area contributed by atoms with Crippen LogP contribution in [0, 0.1) is 5.41 Å². The van der Waals surface area contributed by atoms with E-state index < -0.39 is 17.4 Å². The van der Waals surface area contributed by atoms with Crippen molar-refractivity contribution in [3.63, 3.8) is 0 Å². The maximum Gasteiger partial charge on any atom is 0.333 e. The minimum atomic E-state index is -0.651. The molecule has 1 aromatic carbocycles. The van der Waals surface area contributed by atoms with Gasteiger partial charge in [0.25, 0.3) is 5.91 Å². The molecule has 1 fully saturated rings. The molecular formula is C17H19BrN2O3. The molecule has 4 amide bonds. The molecule has 0 atom stereocenters. The molecule has 2 rings (SSSR count). The smallest absolute Gasteiger partial charge is 0.274 e. The molecule has 0 spiro atoms. The van der Waals surface area contributed by atoms with Crippen LogP contribution in [0.2, 0.25) is 0 Å². The van der Waals surface area contributed by atoms with E-state index in [0.29, 0.717) is 0 Å². The number of rotatable bonds is 2. The third-order valence-corrected chi connectivity index (χ3v) is 3.98. The molecule has 122 valence electrons. The number of nitrogens with zero attached hydrogens (tertiary/aromatic N) is 2. The highest BCUT2D eigenvalue weighted by Gasteiger charge is 2.39. The molecule has 0 saturated carbocycles. The van der Waals surface area contributed by atoms with E-state index in [4.69, 9.17) is 0 Å². The van der Waals surface area contributed by atoms with E-state index in [2.05, 4.69) is 15.9 Å². The molecule has 1 aromatic rings. The largest absolute Gasteiger partial charge is 0.333 e.